The molecule has 1 aromatic heterocycles. The van der Waals surface area contributed by atoms with Gasteiger partial charge in [0, 0.05) is 44.0 Å². The van der Waals surface area contributed by atoms with Gasteiger partial charge in [-0.25, -0.2) is 4.98 Å². The molecule has 0 atom stereocenters. The molecule has 0 amide bonds. The van der Waals surface area contributed by atoms with E-state index in [1.165, 1.54) is 5.56 Å². The highest BCUT2D eigenvalue weighted by Gasteiger charge is 2.15. The molecule has 0 unspecified atom stereocenters. The first-order valence-corrected chi connectivity index (χ1v) is 9.24. The molecule has 0 saturated carbocycles. The standard InChI is InChI=1S/C18H32N4O2/c1-5-16-15(4)19-18(20-17(16)22(6-2)7-3)24-12-8-9-21-10-13-23-14-11-21/h5-14H2,1-4H3. The van der Waals surface area contributed by atoms with Crippen LogP contribution in [0.5, 0.6) is 6.01 Å². The zero-order chi connectivity index (χ0) is 17.4. The Hall–Kier alpha value is -1.40. The Kier molecular flexibility index (Phi) is 7.72. The van der Waals surface area contributed by atoms with Gasteiger partial charge in [-0.3, -0.25) is 4.90 Å². The highest BCUT2D eigenvalue weighted by atomic mass is 16.5. The van der Waals surface area contributed by atoms with E-state index >= 15 is 0 Å². The average Bonchev–Trinajstić information content (AvgIpc) is 2.60. The second-order valence-corrected chi connectivity index (χ2v) is 6.08. The third kappa shape index (κ3) is 5.05. The van der Waals surface area contributed by atoms with Gasteiger partial charge >= 0.3 is 6.01 Å². The molecular weight excluding hydrogens is 304 g/mol. The Morgan fingerprint density at radius 2 is 1.83 bits per heavy atom. The predicted molar refractivity (Wildman–Crippen MR) is 97.1 cm³/mol. The van der Waals surface area contributed by atoms with Crippen LogP contribution in [-0.2, 0) is 11.2 Å². The minimum atomic E-state index is 0.508. The highest BCUT2D eigenvalue weighted by molar-refractivity contribution is 5.49. The molecule has 136 valence electrons. The van der Waals surface area contributed by atoms with Gasteiger partial charge in [0.2, 0.25) is 0 Å². The fourth-order valence-corrected chi connectivity index (χ4v) is 3.10. The van der Waals surface area contributed by atoms with Crippen molar-refractivity contribution in [2.24, 2.45) is 0 Å². The quantitative estimate of drug-likeness (QED) is 0.645. The molecule has 6 nitrogen and oxygen atoms in total. The Morgan fingerprint density at radius 1 is 1.12 bits per heavy atom. The van der Waals surface area contributed by atoms with Gasteiger partial charge < -0.3 is 14.4 Å². The molecule has 1 saturated heterocycles. The summed E-state index contributed by atoms with van der Waals surface area (Å²) in [5, 5.41) is 0. The van der Waals surface area contributed by atoms with E-state index in [1.807, 2.05) is 6.92 Å². The SMILES string of the molecule is CCc1c(C)nc(OCCCN2CCOCC2)nc1N(CC)CC. The molecule has 1 fully saturated rings. The fraction of sp³-hybridized carbons (Fsp3) is 0.778. The monoisotopic (exact) mass is 336 g/mol. The molecule has 0 N–H and O–H groups in total. The van der Waals surface area contributed by atoms with Gasteiger partial charge in [-0.1, -0.05) is 6.92 Å². The lowest BCUT2D eigenvalue weighted by Crippen LogP contribution is -2.37. The van der Waals surface area contributed by atoms with Gasteiger partial charge in [0.25, 0.3) is 0 Å². The Labute approximate surface area is 146 Å². The Morgan fingerprint density at radius 3 is 2.46 bits per heavy atom. The van der Waals surface area contributed by atoms with Crippen molar-refractivity contribution < 1.29 is 9.47 Å². The number of ether oxygens (including phenoxy) is 2. The second-order valence-electron chi connectivity index (χ2n) is 6.08. The second kappa shape index (κ2) is 9.79. The average molecular weight is 336 g/mol. The van der Waals surface area contributed by atoms with E-state index in [2.05, 4.69) is 40.5 Å². The van der Waals surface area contributed by atoms with Crippen LogP contribution < -0.4 is 9.64 Å². The lowest BCUT2D eigenvalue weighted by atomic mass is 10.1. The van der Waals surface area contributed by atoms with Crippen molar-refractivity contribution in [3.63, 3.8) is 0 Å². The summed E-state index contributed by atoms with van der Waals surface area (Å²) in [5.74, 6) is 1.03. The molecule has 0 radical (unpaired) electrons. The summed E-state index contributed by atoms with van der Waals surface area (Å²) in [6.07, 6.45) is 1.92. The summed E-state index contributed by atoms with van der Waals surface area (Å²) in [6.45, 7) is 15.8. The van der Waals surface area contributed by atoms with Crippen LogP contribution in [0.2, 0.25) is 0 Å². The van der Waals surface area contributed by atoms with Crippen LogP contribution in [0.1, 0.15) is 38.4 Å². The van der Waals surface area contributed by atoms with Gasteiger partial charge in [-0.15, -0.1) is 0 Å². The molecular formula is C18H32N4O2. The van der Waals surface area contributed by atoms with Crippen LogP contribution in [0, 0.1) is 6.92 Å². The van der Waals surface area contributed by atoms with E-state index in [1.54, 1.807) is 0 Å². The molecule has 0 aliphatic carbocycles. The summed E-state index contributed by atoms with van der Waals surface area (Å²) < 4.78 is 11.2. The first-order valence-electron chi connectivity index (χ1n) is 9.24. The van der Waals surface area contributed by atoms with E-state index in [0.29, 0.717) is 12.6 Å². The van der Waals surface area contributed by atoms with Gasteiger partial charge in [-0.2, -0.15) is 4.98 Å². The smallest absolute Gasteiger partial charge is 0.318 e. The van der Waals surface area contributed by atoms with Crippen molar-refractivity contribution >= 4 is 5.82 Å². The third-order valence-corrected chi connectivity index (χ3v) is 4.54. The van der Waals surface area contributed by atoms with Gasteiger partial charge in [0.15, 0.2) is 0 Å². The largest absolute Gasteiger partial charge is 0.463 e. The van der Waals surface area contributed by atoms with Crippen molar-refractivity contribution in [1.82, 2.24) is 14.9 Å². The van der Waals surface area contributed by atoms with Crippen molar-refractivity contribution in [3.8, 4) is 6.01 Å². The minimum Gasteiger partial charge on any atom is -0.463 e. The lowest BCUT2D eigenvalue weighted by molar-refractivity contribution is 0.0356. The maximum absolute atomic E-state index is 5.85. The molecule has 2 rings (SSSR count). The molecule has 1 aliphatic heterocycles. The van der Waals surface area contributed by atoms with Crippen LogP contribution in [0.15, 0.2) is 0 Å². The molecule has 24 heavy (non-hydrogen) atoms. The molecule has 0 aromatic carbocycles. The van der Waals surface area contributed by atoms with Crippen LogP contribution in [-0.4, -0.2) is 67.4 Å². The van der Waals surface area contributed by atoms with Crippen LogP contribution in [0.3, 0.4) is 0 Å². The topological polar surface area (TPSA) is 50.7 Å². The summed E-state index contributed by atoms with van der Waals surface area (Å²) in [6, 6.07) is 0.508. The summed E-state index contributed by atoms with van der Waals surface area (Å²) in [7, 11) is 0. The molecule has 0 bridgehead atoms. The lowest BCUT2D eigenvalue weighted by Gasteiger charge is -2.26. The number of hydrogen-bond donors (Lipinski definition) is 0. The number of anilines is 1. The van der Waals surface area contributed by atoms with E-state index < -0.39 is 0 Å². The molecule has 2 heterocycles. The fourth-order valence-electron chi connectivity index (χ4n) is 3.10. The molecule has 1 aromatic rings. The van der Waals surface area contributed by atoms with Crippen LogP contribution >= 0.6 is 0 Å². The van der Waals surface area contributed by atoms with Crippen LogP contribution in [0.25, 0.3) is 0 Å². The van der Waals surface area contributed by atoms with Crippen molar-refractivity contribution in [1.29, 1.82) is 0 Å². The molecule has 6 heteroatoms. The summed E-state index contributed by atoms with van der Waals surface area (Å²) in [5.41, 5.74) is 2.25. The Balaban J connectivity index is 1.94. The van der Waals surface area contributed by atoms with Gasteiger partial charge in [-0.05, 0) is 33.6 Å². The number of nitrogens with zero attached hydrogens (tertiary/aromatic N) is 4. The number of aryl methyl sites for hydroxylation is 1. The maximum Gasteiger partial charge on any atom is 0.318 e. The maximum atomic E-state index is 5.85. The summed E-state index contributed by atoms with van der Waals surface area (Å²) in [4.78, 5) is 13.9. The minimum absolute atomic E-state index is 0.508. The number of rotatable bonds is 9. The highest BCUT2D eigenvalue weighted by Crippen LogP contribution is 2.23. The summed E-state index contributed by atoms with van der Waals surface area (Å²) >= 11 is 0. The number of hydrogen-bond acceptors (Lipinski definition) is 6. The number of aromatic nitrogens is 2. The van der Waals surface area contributed by atoms with Crippen LogP contribution in [0.4, 0.5) is 5.82 Å². The zero-order valence-corrected chi connectivity index (χ0v) is 15.7. The Bertz CT molecular complexity index is 500. The third-order valence-electron chi connectivity index (χ3n) is 4.54. The van der Waals surface area contributed by atoms with Crippen molar-refractivity contribution in [2.75, 3.05) is 57.4 Å². The van der Waals surface area contributed by atoms with Crippen molar-refractivity contribution in [3.05, 3.63) is 11.3 Å². The predicted octanol–water partition coefficient (Wildman–Crippen LogP) is 2.29. The van der Waals surface area contributed by atoms with E-state index in [4.69, 9.17) is 9.47 Å². The molecule has 1 aliphatic rings. The normalized spacial score (nSPS) is 15.5. The molecule has 0 spiro atoms. The zero-order valence-electron chi connectivity index (χ0n) is 15.7. The van der Waals surface area contributed by atoms with E-state index in [9.17, 15) is 0 Å². The first kappa shape index (κ1) is 18.9. The first-order chi connectivity index (χ1) is 11.7. The van der Waals surface area contributed by atoms with Gasteiger partial charge in [0.05, 0.1) is 19.8 Å². The van der Waals surface area contributed by atoms with Crippen molar-refractivity contribution in [2.45, 2.75) is 40.5 Å². The van der Waals surface area contributed by atoms with E-state index in [0.717, 1.165) is 70.3 Å². The number of morpholine rings is 1. The van der Waals surface area contributed by atoms with Gasteiger partial charge in [0.1, 0.15) is 5.82 Å². The van der Waals surface area contributed by atoms with E-state index in [-0.39, 0.29) is 0 Å².